The van der Waals surface area contributed by atoms with Crippen LogP contribution in [0.15, 0.2) is 36.9 Å². The molecule has 6 heteroatoms. The lowest BCUT2D eigenvalue weighted by Gasteiger charge is -2.33. The van der Waals surface area contributed by atoms with Gasteiger partial charge in [-0.2, -0.15) is 5.10 Å². The van der Waals surface area contributed by atoms with Crippen LogP contribution in [0.2, 0.25) is 31.9 Å². The number of hydrogen-bond donors (Lipinski definition) is 0. The summed E-state index contributed by atoms with van der Waals surface area (Å²) in [5, 5.41) is 5.79. The largest absolute Gasteiger partial charge is 0.497 e. The summed E-state index contributed by atoms with van der Waals surface area (Å²) in [4.78, 5) is 4.09. The minimum atomic E-state index is -1.63. The normalized spacial score (nSPS) is 14.7. The second-order valence-corrected chi connectivity index (χ2v) is 17.7. The van der Waals surface area contributed by atoms with E-state index in [-0.39, 0.29) is 0 Å². The predicted octanol–water partition coefficient (Wildman–Crippen LogP) is 2.69. The SMILES string of the molecule is COc1ccc([Si](C)(Cn2cncn2)C[Si](C)(C)C)cc1. The molecular weight excluding hydrogens is 294 g/mol. The molecule has 0 N–H and O–H groups in total. The zero-order valence-corrected chi connectivity index (χ0v) is 15.6. The third-order valence-electron chi connectivity index (χ3n) is 3.68. The third-order valence-corrected chi connectivity index (χ3v) is 13.8. The molecule has 0 aliphatic rings. The molecule has 0 saturated heterocycles. The molecule has 0 spiro atoms. The maximum absolute atomic E-state index is 5.29. The first kappa shape index (κ1) is 16.0. The van der Waals surface area contributed by atoms with Crippen LogP contribution in [0, 0.1) is 0 Å². The summed E-state index contributed by atoms with van der Waals surface area (Å²) >= 11 is 0. The van der Waals surface area contributed by atoms with E-state index in [1.54, 1.807) is 13.4 Å². The van der Waals surface area contributed by atoms with Gasteiger partial charge >= 0.3 is 0 Å². The van der Waals surface area contributed by atoms with Gasteiger partial charge in [0.1, 0.15) is 26.5 Å². The molecule has 0 fully saturated rings. The topological polar surface area (TPSA) is 39.9 Å². The minimum absolute atomic E-state index is 0.920. The molecule has 114 valence electrons. The second-order valence-electron chi connectivity index (χ2n) is 7.12. The van der Waals surface area contributed by atoms with Gasteiger partial charge in [-0.15, -0.1) is 0 Å². The summed E-state index contributed by atoms with van der Waals surface area (Å²) in [6.07, 6.45) is 4.44. The number of benzene rings is 1. The molecule has 2 rings (SSSR count). The van der Waals surface area contributed by atoms with Crippen LogP contribution in [-0.4, -0.2) is 38.0 Å². The summed E-state index contributed by atoms with van der Waals surface area (Å²) < 4.78 is 7.28. The number of methoxy groups -OCH3 is 1. The highest BCUT2D eigenvalue weighted by Crippen LogP contribution is 2.22. The summed E-state index contributed by atoms with van der Waals surface area (Å²) in [6.45, 7) is 9.81. The van der Waals surface area contributed by atoms with Crippen LogP contribution in [0.5, 0.6) is 5.75 Å². The van der Waals surface area contributed by atoms with Crippen LogP contribution >= 0.6 is 0 Å². The molecule has 0 aliphatic heterocycles. The Morgan fingerprint density at radius 3 is 2.24 bits per heavy atom. The number of ether oxygens (including phenoxy) is 1. The Hall–Kier alpha value is -1.41. The predicted molar refractivity (Wildman–Crippen MR) is 92.4 cm³/mol. The average Bonchev–Trinajstić information content (AvgIpc) is 2.89. The summed E-state index contributed by atoms with van der Waals surface area (Å²) in [5.74, 6) is 0.920. The lowest BCUT2D eigenvalue weighted by Crippen LogP contribution is -2.53. The van der Waals surface area contributed by atoms with Crippen molar-refractivity contribution in [3.63, 3.8) is 0 Å². The lowest BCUT2D eigenvalue weighted by atomic mass is 10.3. The van der Waals surface area contributed by atoms with E-state index in [4.69, 9.17) is 4.74 Å². The van der Waals surface area contributed by atoms with Crippen molar-refractivity contribution >= 4 is 21.3 Å². The first-order valence-electron chi connectivity index (χ1n) is 7.29. The van der Waals surface area contributed by atoms with Gasteiger partial charge in [-0.1, -0.05) is 49.2 Å². The maximum Gasteiger partial charge on any atom is 0.137 e. The lowest BCUT2D eigenvalue weighted by molar-refractivity contribution is 0.415. The number of aromatic nitrogens is 3. The van der Waals surface area contributed by atoms with Crippen molar-refractivity contribution in [2.75, 3.05) is 7.11 Å². The second kappa shape index (κ2) is 6.15. The maximum atomic E-state index is 5.29. The first-order chi connectivity index (χ1) is 9.82. The van der Waals surface area contributed by atoms with Crippen molar-refractivity contribution in [2.45, 2.75) is 38.0 Å². The molecule has 0 saturated carbocycles. The molecule has 1 unspecified atom stereocenters. The van der Waals surface area contributed by atoms with Gasteiger partial charge in [0.05, 0.1) is 7.11 Å². The highest BCUT2D eigenvalue weighted by Gasteiger charge is 2.35. The van der Waals surface area contributed by atoms with Crippen molar-refractivity contribution in [3.8, 4) is 5.75 Å². The van der Waals surface area contributed by atoms with E-state index in [0.717, 1.165) is 11.9 Å². The zero-order chi connectivity index (χ0) is 15.5. The van der Waals surface area contributed by atoms with E-state index in [2.05, 4.69) is 60.5 Å². The van der Waals surface area contributed by atoms with Gasteiger partial charge in [-0.3, -0.25) is 4.68 Å². The van der Waals surface area contributed by atoms with Crippen molar-refractivity contribution in [3.05, 3.63) is 36.9 Å². The number of rotatable bonds is 6. The van der Waals surface area contributed by atoms with Gasteiger partial charge in [-0.05, 0) is 12.1 Å². The van der Waals surface area contributed by atoms with E-state index in [1.165, 1.54) is 10.9 Å². The Balaban J connectivity index is 2.33. The van der Waals surface area contributed by atoms with Crippen LogP contribution in [0.25, 0.3) is 0 Å². The molecule has 0 bridgehead atoms. The molecule has 1 aromatic heterocycles. The fourth-order valence-corrected chi connectivity index (χ4v) is 15.7. The minimum Gasteiger partial charge on any atom is -0.497 e. The highest BCUT2D eigenvalue weighted by atomic mass is 28.4. The molecule has 2 aromatic rings. The van der Waals surface area contributed by atoms with E-state index >= 15 is 0 Å². The molecule has 1 atom stereocenters. The fourth-order valence-electron chi connectivity index (χ4n) is 3.09. The summed E-state index contributed by atoms with van der Waals surface area (Å²) in [5.41, 5.74) is 1.34. The van der Waals surface area contributed by atoms with E-state index in [1.807, 2.05) is 11.0 Å². The monoisotopic (exact) mass is 319 g/mol. The highest BCUT2D eigenvalue weighted by molar-refractivity contribution is 7.01. The Bertz CT molecular complexity index is 564. The Morgan fingerprint density at radius 1 is 1.10 bits per heavy atom. The van der Waals surface area contributed by atoms with Crippen LogP contribution < -0.4 is 9.92 Å². The van der Waals surface area contributed by atoms with Crippen LogP contribution in [-0.2, 0) is 6.17 Å². The molecule has 21 heavy (non-hydrogen) atoms. The van der Waals surface area contributed by atoms with Crippen LogP contribution in [0.4, 0.5) is 0 Å². The van der Waals surface area contributed by atoms with E-state index in [0.29, 0.717) is 0 Å². The quantitative estimate of drug-likeness (QED) is 0.769. The Kier molecular flexibility index (Phi) is 4.68. The zero-order valence-electron chi connectivity index (χ0n) is 13.6. The molecule has 4 nitrogen and oxygen atoms in total. The third kappa shape index (κ3) is 4.28. The van der Waals surface area contributed by atoms with Crippen LogP contribution in [0.1, 0.15) is 0 Å². The smallest absolute Gasteiger partial charge is 0.137 e. The molecule has 1 aromatic carbocycles. The Morgan fingerprint density at radius 2 is 1.76 bits per heavy atom. The van der Waals surface area contributed by atoms with Gasteiger partial charge in [0.25, 0.3) is 0 Å². The van der Waals surface area contributed by atoms with Gasteiger partial charge < -0.3 is 4.74 Å². The molecule has 0 aliphatic carbocycles. The van der Waals surface area contributed by atoms with Crippen LogP contribution in [0.3, 0.4) is 0 Å². The van der Waals surface area contributed by atoms with Crippen molar-refractivity contribution < 1.29 is 4.74 Å². The number of hydrogen-bond acceptors (Lipinski definition) is 3. The molecule has 1 heterocycles. The average molecular weight is 320 g/mol. The summed E-state index contributed by atoms with van der Waals surface area (Å²) in [6, 6.07) is 8.63. The molecule has 0 amide bonds. The molecular formula is C15H25N3OSi2. The standard InChI is InChI=1S/C15H25N3OSi2/c1-19-14-6-8-15(9-7-14)21(5,13-20(2,3)4)12-18-11-16-10-17-18/h6-11H,12-13H2,1-5H3. The van der Waals surface area contributed by atoms with Gasteiger partial charge in [0.2, 0.25) is 0 Å². The fraction of sp³-hybridized carbons (Fsp3) is 0.467. The molecule has 0 radical (unpaired) electrons. The van der Waals surface area contributed by atoms with Gasteiger partial charge in [0.15, 0.2) is 0 Å². The van der Waals surface area contributed by atoms with Crippen molar-refractivity contribution in [2.24, 2.45) is 0 Å². The summed E-state index contributed by atoms with van der Waals surface area (Å²) in [7, 11) is -1.08. The van der Waals surface area contributed by atoms with Gasteiger partial charge in [0, 0.05) is 14.2 Å². The van der Waals surface area contributed by atoms with E-state index in [9.17, 15) is 0 Å². The van der Waals surface area contributed by atoms with Gasteiger partial charge in [-0.25, -0.2) is 4.98 Å². The Labute approximate surface area is 129 Å². The van der Waals surface area contributed by atoms with Crippen molar-refractivity contribution in [1.82, 2.24) is 14.8 Å². The van der Waals surface area contributed by atoms with E-state index < -0.39 is 16.1 Å². The number of nitrogens with zero attached hydrogens (tertiary/aromatic N) is 3. The first-order valence-corrected chi connectivity index (χ1v) is 13.9. The van der Waals surface area contributed by atoms with Crippen molar-refractivity contribution in [1.29, 1.82) is 0 Å².